The first-order chi connectivity index (χ1) is 10.4. The van der Waals surface area contributed by atoms with Crippen molar-refractivity contribution in [1.82, 2.24) is 9.97 Å². The summed E-state index contributed by atoms with van der Waals surface area (Å²) in [5.41, 5.74) is -1.23. The lowest BCUT2D eigenvalue weighted by Crippen LogP contribution is -2.16. The van der Waals surface area contributed by atoms with Crippen LogP contribution < -0.4 is 15.0 Å². The summed E-state index contributed by atoms with van der Waals surface area (Å²) in [7, 11) is 0. The van der Waals surface area contributed by atoms with Crippen molar-refractivity contribution >= 4 is 11.8 Å². The van der Waals surface area contributed by atoms with Crippen LogP contribution in [0.15, 0.2) is 34.2 Å². The number of hydrogen-bond donors (Lipinski definition) is 1. The fraction of sp³-hybridized carbons (Fsp3) is 0.231. The summed E-state index contributed by atoms with van der Waals surface area (Å²) in [5.74, 6) is 1.55. The van der Waals surface area contributed by atoms with Crippen molar-refractivity contribution in [3.05, 3.63) is 45.9 Å². The highest BCUT2D eigenvalue weighted by Gasteiger charge is 2.33. The number of thioether (sulfide) groups is 1. The van der Waals surface area contributed by atoms with Gasteiger partial charge in [-0.15, -0.1) is 0 Å². The first kappa shape index (κ1) is 14.8. The van der Waals surface area contributed by atoms with Crippen LogP contribution in [0.1, 0.15) is 11.3 Å². The van der Waals surface area contributed by atoms with Gasteiger partial charge in [0.2, 0.25) is 6.79 Å². The van der Waals surface area contributed by atoms with Gasteiger partial charge in [0.25, 0.3) is 5.56 Å². The largest absolute Gasteiger partial charge is 0.454 e. The van der Waals surface area contributed by atoms with E-state index in [9.17, 15) is 18.0 Å². The highest BCUT2D eigenvalue weighted by molar-refractivity contribution is 7.98. The van der Waals surface area contributed by atoms with Crippen molar-refractivity contribution in [2.75, 3.05) is 6.79 Å². The molecule has 22 heavy (non-hydrogen) atoms. The average Bonchev–Trinajstić information content (AvgIpc) is 2.91. The van der Waals surface area contributed by atoms with E-state index >= 15 is 0 Å². The SMILES string of the molecule is O=c1cc(C(F)(F)F)nc(SCc2ccc3c(c2)OCO3)[nH]1. The Bertz CT molecular complexity index is 761. The Labute approximate surface area is 126 Å². The molecular weight excluding hydrogens is 321 g/mol. The van der Waals surface area contributed by atoms with Crippen LogP contribution in [0.4, 0.5) is 13.2 Å². The van der Waals surface area contributed by atoms with Crippen molar-refractivity contribution in [2.24, 2.45) is 0 Å². The molecule has 5 nitrogen and oxygen atoms in total. The maximum atomic E-state index is 12.6. The minimum Gasteiger partial charge on any atom is -0.454 e. The van der Waals surface area contributed by atoms with E-state index in [1.807, 2.05) is 0 Å². The molecule has 1 aliphatic heterocycles. The monoisotopic (exact) mass is 330 g/mol. The van der Waals surface area contributed by atoms with Crippen molar-refractivity contribution in [1.29, 1.82) is 0 Å². The molecular formula is C13H9F3N2O3S. The lowest BCUT2D eigenvalue weighted by Gasteiger charge is -2.07. The molecule has 1 N–H and O–H groups in total. The van der Waals surface area contributed by atoms with Crippen molar-refractivity contribution in [3.63, 3.8) is 0 Å². The summed E-state index contributed by atoms with van der Waals surface area (Å²) < 4.78 is 48.2. The Morgan fingerprint density at radius 1 is 1.23 bits per heavy atom. The number of benzene rings is 1. The average molecular weight is 330 g/mol. The van der Waals surface area contributed by atoms with E-state index in [2.05, 4.69) is 9.97 Å². The van der Waals surface area contributed by atoms with Gasteiger partial charge in [0.05, 0.1) is 0 Å². The van der Waals surface area contributed by atoms with Gasteiger partial charge < -0.3 is 14.5 Å². The van der Waals surface area contributed by atoms with E-state index < -0.39 is 17.4 Å². The number of rotatable bonds is 3. The second-order valence-corrected chi connectivity index (χ2v) is 5.37. The number of nitrogens with one attached hydrogen (secondary N) is 1. The van der Waals surface area contributed by atoms with Gasteiger partial charge in [-0.05, 0) is 17.7 Å². The molecule has 2 aromatic rings. The summed E-state index contributed by atoms with van der Waals surface area (Å²) in [6.45, 7) is 0.147. The molecule has 0 saturated carbocycles. The number of hydrogen-bond acceptors (Lipinski definition) is 5. The van der Waals surface area contributed by atoms with E-state index in [1.54, 1.807) is 18.2 Å². The lowest BCUT2D eigenvalue weighted by atomic mass is 10.2. The quantitative estimate of drug-likeness (QED) is 0.692. The van der Waals surface area contributed by atoms with Crippen LogP contribution in [0.5, 0.6) is 11.5 Å². The third-order valence-corrected chi connectivity index (χ3v) is 3.77. The fourth-order valence-electron chi connectivity index (χ4n) is 1.83. The molecule has 9 heteroatoms. The van der Waals surface area contributed by atoms with Gasteiger partial charge >= 0.3 is 6.18 Å². The Balaban J connectivity index is 1.76. The molecule has 0 bridgehead atoms. The van der Waals surface area contributed by atoms with Crippen LogP contribution >= 0.6 is 11.8 Å². The smallest absolute Gasteiger partial charge is 0.433 e. The van der Waals surface area contributed by atoms with Gasteiger partial charge in [-0.3, -0.25) is 4.79 Å². The zero-order valence-electron chi connectivity index (χ0n) is 10.9. The molecule has 1 aromatic heterocycles. The topological polar surface area (TPSA) is 64.2 Å². The first-order valence-corrected chi connectivity index (χ1v) is 7.10. The number of aromatic amines is 1. The van der Waals surface area contributed by atoms with Gasteiger partial charge in [0, 0.05) is 11.8 Å². The lowest BCUT2D eigenvalue weighted by molar-refractivity contribution is -0.141. The molecule has 0 amide bonds. The first-order valence-electron chi connectivity index (χ1n) is 6.12. The second-order valence-electron chi connectivity index (χ2n) is 4.41. The van der Waals surface area contributed by atoms with Gasteiger partial charge in [-0.1, -0.05) is 17.8 Å². The van der Waals surface area contributed by atoms with Crippen molar-refractivity contribution in [2.45, 2.75) is 17.1 Å². The van der Waals surface area contributed by atoms with E-state index in [0.29, 0.717) is 23.3 Å². The molecule has 0 unspecified atom stereocenters. The maximum Gasteiger partial charge on any atom is 0.433 e. The summed E-state index contributed by atoms with van der Waals surface area (Å²) in [6.07, 6.45) is -4.65. The van der Waals surface area contributed by atoms with Gasteiger partial charge in [0.1, 0.15) is 0 Å². The highest BCUT2D eigenvalue weighted by atomic mass is 32.2. The van der Waals surface area contributed by atoms with Crippen molar-refractivity contribution in [3.8, 4) is 11.5 Å². The number of nitrogens with zero attached hydrogens (tertiary/aromatic N) is 1. The summed E-state index contributed by atoms with van der Waals surface area (Å²) >= 11 is 1.00. The highest BCUT2D eigenvalue weighted by Crippen LogP contribution is 2.34. The molecule has 0 aliphatic carbocycles. The zero-order chi connectivity index (χ0) is 15.7. The zero-order valence-corrected chi connectivity index (χ0v) is 11.8. The van der Waals surface area contributed by atoms with Crippen LogP contribution in [0.2, 0.25) is 0 Å². The fourth-order valence-corrected chi connectivity index (χ4v) is 2.65. The van der Waals surface area contributed by atoms with E-state index in [-0.39, 0.29) is 11.9 Å². The molecule has 0 atom stereocenters. The van der Waals surface area contributed by atoms with Crippen LogP contribution in [0.3, 0.4) is 0 Å². The maximum absolute atomic E-state index is 12.6. The molecule has 1 aromatic carbocycles. The van der Waals surface area contributed by atoms with E-state index in [0.717, 1.165) is 17.3 Å². The van der Waals surface area contributed by atoms with Crippen molar-refractivity contribution < 1.29 is 22.6 Å². The van der Waals surface area contributed by atoms with Crippen LogP contribution in [-0.4, -0.2) is 16.8 Å². The molecule has 2 heterocycles. The van der Waals surface area contributed by atoms with E-state index in [4.69, 9.17) is 9.47 Å². The summed E-state index contributed by atoms with van der Waals surface area (Å²) in [5, 5.41) is -0.0857. The number of halogens is 3. The Morgan fingerprint density at radius 2 is 2.00 bits per heavy atom. The molecule has 0 fully saturated rings. The number of aromatic nitrogens is 2. The van der Waals surface area contributed by atoms with Gasteiger partial charge in [-0.2, -0.15) is 13.2 Å². The number of alkyl halides is 3. The molecule has 1 aliphatic rings. The number of H-pyrrole nitrogens is 1. The van der Waals surface area contributed by atoms with E-state index in [1.165, 1.54) is 0 Å². The van der Waals surface area contributed by atoms with Crippen LogP contribution in [-0.2, 0) is 11.9 Å². The predicted octanol–water partition coefficient (Wildman–Crippen LogP) is 2.81. The number of ether oxygens (including phenoxy) is 2. The standard InChI is InChI=1S/C13H9F3N2O3S/c14-13(15,16)10-4-11(19)18-12(17-10)22-5-7-1-2-8-9(3-7)21-6-20-8/h1-4H,5-6H2,(H,17,18,19). The third-order valence-electron chi connectivity index (χ3n) is 2.82. The van der Waals surface area contributed by atoms with Crippen LogP contribution in [0, 0.1) is 0 Å². The van der Waals surface area contributed by atoms with Crippen LogP contribution in [0.25, 0.3) is 0 Å². The summed E-state index contributed by atoms with van der Waals surface area (Å²) in [6, 6.07) is 5.67. The second kappa shape index (κ2) is 5.56. The Hall–Kier alpha value is -2.16. The third kappa shape index (κ3) is 3.19. The molecule has 116 valence electrons. The minimum absolute atomic E-state index is 0.0857. The van der Waals surface area contributed by atoms with Gasteiger partial charge in [-0.25, -0.2) is 4.98 Å². The predicted molar refractivity (Wildman–Crippen MR) is 72.0 cm³/mol. The summed E-state index contributed by atoms with van der Waals surface area (Å²) in [4.78, 5) is 17.0. The molecule has 0 saturated heterocycles. The molecule has 0 radical (unpaired) electrons. The van der Waals surface area contributed by atoms with Gasteiger partial charge in [0.15, 0.2) is 22.3 Å². The minimum atomic E-state index is -4.65. The molecule has 0 spiro atoms. The number of fused-ring (bicyclic) bond motifs is 1. The Morgan fingerprint density at radius 3 is 2.77 bits per heavy atom. The normalized spacial score (nSPS) is 13.4. The Kier molecular flexibility index (Phi) is 3.73. The molecule has 3 rings (SSSR count).